The smallest absolute Gasteiger partial charge is 0.246 e. The Labute approximate surface area is 202 Å². The van der Waals surface area contributed by atoms with Crippen LogP contribution in [0.2, 0.25) is 0 Å². The highest BCUT2D eigenvalue weighted by molar-refractivity contribution is 14.0. The summed E-state index contributed by atoms with van der Waals surface area (Å²) >= 11 is 0. The summed E-state index contributed by atoms with van der Waals surface area (Å²) < 4.78 is 1.72. The number of aliphatic imine (C=N–C) groups is 1. The van der Waals surface area contributed by atoms with E-state index in [2.05, 4.69) is 60.6 Å². The lowest BCUT2D eigenvalue weighted by molar-refractivity contribution is -0.120. The highest BCUT2D eigenvalue weighted by atomic mass is 127. The summed E-state index contributed by atoms with van der Waals surface area (Å²) in [5, 5.41) is 7.54. The molecule has 0 bridgehead atoms. The Bertz CT molecular complexity index is 853. The van der Waals surface area contributed by atoms with Gasteiger partial charge in [0, 0.05) is 38.9 Å². The van der Waals surface area contributed by atoms with E-state index in [1.807, 2.05) is 24.2 Å². The lowest BCUT2D eigenvalue weighted by Gasteiger charge is -2.35. The summed E-state index contributed by atoms with van der Waals surface area (Å²) in [6.07, 6.45) is 4.54. The summed E-state index contributed by atoms with van der Waals surface area (Å²) in [6, 6.07) is 10.8. The Morgan fingerprint density at radius 2 is 2.00 bits per heavy atom. The lowest BCUT2D eigenvalue weighted by atomic mass is 10.1. The number of carbonyl (C=O) groups is 1. The number of likely N-dealkylation sites (N-methyl/N-ethyl adjacent to an activating group) is 1. The largest absolute Gasteiger partial charge is 0.357 e. The minimum atomic E-state index is 0. The maximum absolute atomic E-state index is 12.8. The Morgan fingerprint density at radius 1 is 1.26 bits per heavy atom. The highest BCUT2D eigenvalue weighted by Crippen LogP contribution is 2.16. The van der Waals surface area contributed by atoms with Crippen molar-refractivity contribution in [3.8, 4) is 0 Å². The van der Waals surface area contributed by atoms with Gasteiger partial charge in [0.2, 0.25) is 5.91 Å². The van der Waals surface area contributed by atoms with Gasteiger partial charge in [-0.15, -0.1) is 24.0 Å². The topological polar surface area (TPSA) is 69.0 Å². The van der Waals surface area contributed by atoms with Gasteiger partial charge in [0.1, 0.15) is 6.54 Å². The number of anilines is 1. The first-order valence-corrected chi connectivity index (χ1v) is 10.5. The zero-order valence-electron chi connectivity index (χ0n) is 18.9. The molecule has 1 aromatic carbocycles. The van der Waals surface area contributed by atoms with Gasteiger partial charge in [-0.3, -0.25) is 14.5 Å². The van der Waals surface area contributed by atoms with E-state index >= 15 is 0 Å². The maximum Gasteiger partial charge on any atom is 0.246 e. The third-order valence-corrected chi connectivity index (χ3v) is 5.35. The predicted octanol–water partition coefficient (Wildman–Crippen LogP) is 1.83. The van der Waals surface area contributed by atoms with Crippen LogP contribution in [0.15, 0.2) is 47.7 Å². The molecule has 1 aromatic heterocycles. The molecule has 0 radical (unpaired) electrons. The zero-order chi connectivity index (χ0) is 21.5. The summed E-state index contributed by atoms with van der Waals surface area (Å²) in [5.41, 5.74) is 2.15. The number of aryl methyl sites for hydroxylation is 1. The van der Waals surface area contributed by atoms with Crippen molar-refractivity contribution in [3.63, 3.8) is 0 Å². The van der Waals surface area contributed by atoms with Crippen molar-refractivity contribution in [2.24, 2.45) is 12.0 Å². The Hall–Kier alpha value is -2.14. The molecule has 2 heterocycles. The van der Waals surface area contributed by atoms with Gasteiger partial charge >= 0.3 is 0 Å². The molecule has 1 fully saturated rings. The molecule has 0 saturated carbocycles. The van der Waals surface area contributed by atoms with Gasteiger partial charge < -0.3 is 20.0 Å². The number of aromatic nitrogens is 2. The second-order valence-electron chi connectivity index (χ2n) is 7.84. The molecule has 0 aliphatic carbocycles. The van der Waals surface area contributed by atoms with Crippen LogP contribution in [0.25, 0.3) is 0 Å². The number of guanidine groups is 1. The molecule has 2 aromatic rings. The van der Waals surface area contributed by atoms with E-state index in [0.29, 0.717) is 19.6 Å². The van der Waals surface area contributed by atoms with Gasteiger partial charge in [-0.1, -0.05) is 30.3 Å². The summed E-state index contributed by atoms with van der Waals surface area (Å²) in [5.74, 6) is 0.866. The molecular weight excluding hydrogens is 505 g/mol. The molecule has 1 saturated heterocycles. The number of nitrogens with one attached hydrogen (secondary N) is 1. The Kier molecular flexibility index (Phi) is 9.76. The number of amides is 1. The first-order valence-electron chi connectivity index (χ1n) is 10.5. The number of hydrogen-bond acceptors (Lipinski definition) is 4. The third-order valence-electron chi connectivity index (χ3n) is 5.35. The minimum absolute atomic E-state index is 0. The van der Waals surface area contributed by atoms with E-state index < -0.39 is 0 Å². The van der Waals surface area contributed by atoms with E-state index in [4.69, 9.17) is 4.99 Å². The van der Waals surface area contributed by atoms with Gasteiger partial charge in [0.05, 0.1) is 18.4 Å². The van der Waals surface area contributed by atoms with Gasteiger partial charge in [-0.25, -0.2) is 0 Å². The third kappa shape index (κ3) is 6.93. The van der Waals surface area contributed by atoms with Crippen molar-refractivity contribution >= 4 is 41.5 Å². The van der Waals surface area contributed by atoms with Crippen molar-refractivity contribution in [1.82, 2.24) is 24.9 Å². The molecule has 8 nitrogen and oxygen atoms in total. The molecule has 1 amide bonds. The van der Waals surface area contributed by atoms with Gasteiger partial charge in [-0.2, -0.15) is 5.10 Å². The molecule has 3 rings (SSSR count). The monoisotopic (exact) mass is 539 g/mol. The minimum Gasteiger partial charge on any atom is -0.357 e. The SMILES string of the molecule is CCNC(=NCC(Cc1ccccc1)N(C)C)N1CCN(c2cnn(C)c2)C(=O)C1.I. The summed E-state index contributed by atoms with van der Waals surface area (Å²) in [4.78, 5) is 23.7. The number of halogens is 1. The first-order chi connectivity index (χ1) is 14.5. The number of rotatable bonds is 7. The van der Waals surface area contributed by atoms with E-state index in [-0.39, 0.29) is 35.9 Å². The number of benzene rings is 1. The number of carbonyl (C=O) groups excluding carboxylic acids is 1. The van der Waals surface area contributed by atoms with Crippen LogP contribution in [0.5, 0.6) is 0 Å². The maximum atomic E-state index is 12.8. The van der Waals surface area contributed by atoms with Crippen molar-refractivity contribution in [3.05, 3.63) is 48.3 Å². The predicted molar refractivity (Wildman–Crippen MR) is 136 cm³/mol. The van der Waals surface area contributed by atoms with Crippen molar-refractivity contribution in [1.29, 1.82) is 0 Å². The van der Waals surface area contributed by atoms with Crippen LogP contribution in [0.4, 0.5) is 5.69 Å². The first kappa shape index (κ1) is 25.1. The fraction of sp³-hybridized carbons (Fsp3) is 0.500. The highest BCUT2D eigenvalue weighted by Gasteiger charge is 2.28. The fourth-order valence-corrected chi connectivity index (χ4v) is 3.59. The van der Waals surface area contributed by atoms with Crippen LogP contribution in [0.3, 0.4) is 0 Å². The quantitative estimate of drug-likeness (QED) is 0.331. The molecular formula is C22H34IN7O. The Morgan fingerprint density at radius 3 is 2.58 bits per heavy atom. The van der Waals surface area contributed by atoms with Gasteiger partial charge in [0.25, 0.3) is 0 Å². The second kappa shape index (κ2) is 12.0. The molecule has 31 heavy (non-hydrogen) atoms. The van der Waals surface area contributed by atoms with Crippen molar-refractivity contribution < 1.29 is 4.79 Å². The van der Waals surface area contributed by atoms with Crippen molar-refractivity contribution in [2.45, 2.75) is 19.4 Å². The number of piperazine rings is 1. The normalized spacial score (nSPS) is 15.8. The van der Waals surface area contributed by atoms with Crippen LogP contribution in [0.1, 0.15) is 12.5 Å². The summed E-state index contributed by atoms with van der Waals surface area (Å²) in [6.45, 7) is 5.15. The van der Waals surface area contributed by atoms with E-state index in [1.54, 1.807) is 15.8 Å². The molecule has 9 heteroatoms. The number of nitrogens with zero attached hydrogens (tertiary/aromatic N) is 6. The summed E-state index contributed by atoms with van der Waals surface area (Å²) in [7, 11) is 6.04. The van der Waals surface area contributed by atoms with Crippen LogP contribution >= 0.6 is 24.0 Å². The van der Waals surface area contributed by atoms with Crippen molar-refractivity contribution in [2.75, 3.05) is 51.7 Å². The zero-order valence-corrected chi connectivity index (χ0v) is 21.2. The Balaban J connectivity index is 0.00000341. The standard InChI is InChI=1S/C22H33N7O.HI/c1-5-23-22(24-14-19(26(2)3)13-18-9-7-6-8-10-18)28-11-12-29(21(30)17-28)20-15-25-27(4)16-20;/h6-10,15-16,19H,5,11-14,17H2,1-4H3,(H,23,24);1H. The van der Waals surface area contributed by atoms with Gasteiger partial charge in [-0.05, 0) is 33.0 Å². The van der Waals surface area contributed by atoms with E-state index in [1.165, 1.54) is 5.56 Å². The van der Waals surface area contributed by atoms with E-state index in [0.717, 1.165) is 31.2 Å². The molecule has 1 aliphatic rings. The van der Waals surface area contributed by atoms with Crippen LogP contribution < -0.4 is 10.2 Å². The fourth-order valence-electron chi connectivity index (χ4n) is 3.59. The van der Waals surface area contributed by atoms with Crippen LogP contribution in [-0.4, -0.2) is 84.3 Å². The van der Waals surface area contributed by atoms with E-state index in [9.17, 15) is 4.79 Å². The van der Waals surface area contributed by atoms with Crippen LogP contribution in [0, 0.1) is 0 Å². The molecule has 1 aliphatic heterocycles. The van der Waals surface area contributed by atoms with Gasteiger partial charge in [0.15, 0.2) is 5.96 Å². The molecule has 1 N–H and O–H groups in total. The average molecular weight is 539 g/mol. The lowest BCUT2D eigenvalue weighted by Crippen LogP contribution is -2.55. The average Bonchev–Trinajstić information content (AvgIpc) is 3.16. The molecule has 0 spiro atoms. The second-order valence-corrected chi connectivity index (χ2v) is 7.84. The van der Waals surface area contributed by atoms with Crippen LogP contribution in [-0.2, 0) is 18.3 Å². The number of hydrogen-bond donors (Lipinski definition) is 1. The molecule has 1 unspecified atom stereocenters. The molecule has 170 valence electrons. The molecule has 1 atom stereocenters.